The van der Waals surface area contributed by atoms with E-state index in [1.165, 1.54) is 0 Å². The maximum Gasteiger partial charge on any atom is 0.144 e. The van der Waals surface area contributed by atoms with Crippen LogP contribution in [0.3, 0.4) is 0 Å². The predicted molar refractivity (Wildman–Crippen MR) is 74.6 cm³/mol. The lowest BCUT2D eigenvalue weighted by Gasteiger charge is -2.20. The van der Waals surface area contributed by atoms with Crippen LogP contribution in [0.5, 0.6) is 0 Å². The van der Waals surface area contributed by atoms with Gasteiger partial charge in [-0.3, -0.25) is 0 Å². The van der Waals surface area contributed by atoms with Gasteiger partial charge in [0.1, 0.15) is 11.9 Å². The molecule has 0 saturated heterocycles. The van der Waals surface area contributed by atoms with Crippen molar-refractivity contribution in [2.45, 2.75) is 33.2 Å². The Balaban J connectivity index is 2.44. The topological polar surface area (TPSA) is 52.0 Å². The van der Waals surface area contributed by atoms with Crippen molar-refractivity contribution in [1.29, 1.82) is 5.26 Å². The summed E-state index contributed by atoms with van der Waals surface area (Å²) < 4.78 is 0. The number of nitrogens with one attached hydrogen (secondary N) is 1. The molecule has 1 aromatic rings. The number of hydrogen-bond donors (Lipinski definition) is 1. The van der Waals surface area contributed by atoms with Gasteiger partial charge in [0, 0.05) is 18.3 Å². The summed E-state index contributed by atoms with van der Waals surface area (Å²) in [6, 6.07) is 6.39. The van der Waals surface area contributed by atoms with Gasteiger partial charge >= 0.3 is 0 Å². The third-order valence-electron chi connectivity index (χ3n) is 3.02. The van der Waals surface area contributed by atoms with Gasteiger partial charge < -0.3 is 10.2 Å². The number of aromatic nitrogens is 1. The molecule has 4 nitrogen and oxygen atoms in total. The van der Waals surface area contributed by atoms with Crippen LogP contribution in [0.15, 0.2) is 12.1 Å². The fraction of sp³-hybridized carbons (Fsp3) is 0.571. The van der Waals surface area contributed by atoms with E-state index in [1.807, 2.05) is 19.1 Å². The molecular formula is C14H22N4. The molecule has 0 atom stereocenters. The third-order valence-corrected chi connectivity index (χ3v) is 3.02. The Labute approximate surface area is 110 Å². The Morgan fingerprint density at radius 3 is 2.78 bits per heavy atom. The fourth-order valence-corrected chi connectivity index (χ4v) is 1.58. The van der Waals surface area contributed by atoms with Crippen LogP contribution < -0.4 is 5.32 Å². The molecule has 0 amide bonds. The molecule has 0 unspecified atom stereocenters. The van der Waals surface area contributed by atoms with Crippen molar-refractivity contribution >= 4 is 5.82 Å². The Kier molecular flexibility index (Phi) is 5.60. The average Bonchev–Trinajstić information content (AvgIpc) is 2.34. The van der Waals surface area contributed by atoms with Crippen molar-refractivity contribution in [1.82, 2.24) is 9.88 Å². The van der Waals surface area contributed by atoms with Crippen molar-refractivity contribution in [3.63, 3.8) is 0 Å². The van der Waals surface area contributed by atoms with Crippen molar-refractivity contribution in [3.8, 4) is 6.07 Å². The van der Waals surface area contributed by atoms with E-state index in [1.54, 1.807) is 0 Å². The number of rotatable bonds is 6. The lowest BCUT2D eigenvalue weighted by molar-refractivity contribution is 0.273. The van der Waals surface area contributed by atoms with E-state index in [0.29, 0.717) is 17.4 Å². The summed E-state index contributed by atoms with van der Waals surface area (Å²) in [6.45, 7) is 8.17. The highest BCUT2D eigenvalue weighted by molar-refractivity contribution is 5.52. The minimum absolute atomic E-state index is 0.566. The number of nitrogens with zero attached hydrogens (tertiary/aromatic N) is 3. The first-order valence-electron chi connectivity index (χ1n) is 6.36. The molecule has 0 bridgehead atoms. The molecule has 0 aliphatic rings. The summed E-state index contributed by atoms with van der Waals surface area (Å²) in [5.74, 6) is 0.699. The maximum absolute atomic E-state index is 8.99. The zero-order valence-corrected chi connectivity index (χ0v) is 11.7. The monoisotopic (exact) mass is 246 g/mol. The summed E-state index contributed by atoms with van der Waals surface area (Å²) >= 11 is 0. The molecule has 18 heavy (non-hydrogen) atoms. The van der Waals surface area contributed by atoms with Gasteiger partial charge in [0.25, 0.3) is 0 Å². The van der Waals surface area contributed by atoms with E-state index < -0.39 is 0 Å². The first-order valence-corrected chi connectivity index (χ1v) is 6.36. The van der Waals surface area contributed by atoms with Gasteiger partial charge in [-0.05, 0) is 52.9 Å². The Morgan fingerprint density at radius 1 is 1.44 bits per heavy atom. The summed E-state index contributed by atoms with van der Waals surface area (Å²) in [7, 11) is 2.12. The van der Waals surface area contributed by atoms with E-state index in [2.05, 4.69) is 42.2 Å². The first kappa shape index (κ1) is 14.5. The molecule has 0 aliphatic heterocycles. The first-order chi connectivity index (χ1) is 8.54. The van der Waals surface area contributed by atoms with Crippen LogP contribution in [0, 0.1) is 18.3 Å². The molecular weight excluding hydrogens is 224 g/mol. The number of nitriles is 1. The van der Waals surface area contributed by atoms with Gasteiger partial charge in [-0.1, -0.05) is 0 Å². The molecule has 1 N–H and O–H groups in total. The normalized spacial score (nSPS) is 10.7. The Bertz CT molecular complexity index is 420. The Hall–Kier alpha value is -1.60. The summed E-state index contributed by atoms with van der Waals surface area (Å²) in [4.78, 5) is 6.65. The predicted octanol–water partition coefficient (Wildman–Crippen LogP) is 2.40. The second kappa shape index (κ2) is 6.97. The largest absolute Gasteiger partial charge is 0.369 e. The molecule has 0 aromatic carbocycles. The van der Waals surface area contributed by atoms with Crippen LogP contribution in [-0.2, 0) is 0 Å². The Morgan fingerprint density at radius 2 is 2.17 bits per heavy atom. The second-order valence-corrected chi connectivity index (χ2v) is 4.82. The van der Waals surface area contributed by atoms with Gasteiger partial charge in [0.2, 0.25) is 0 Å². The van der Waals surface area contributed by atoms with Crippen molar-refractivity contribution < 1.29 is 0 Å². The maximum atomic E-state index is 8.99. The minimum Gasteiger partial charge on any atom is -0.369 e. The second-order valence-electron chi connectivity index (χ2n) is 4.82. The summed E-state index contributed by atoms with van der Waals surface area (Å²) in [5.41, 5.74) is 1.54. The molecule has 1 rings (SSSR count). The third kappa shape index (κ3) is 4.34. The van der Waals surface area contributed by atoms with E-state index in [9.17, 15) is 0 Å². The zero-order chi connectivity index (χ0) is 13.5. The standard InChI is InChI=1S/C14H22N4/c1-11(2)18(4)9-5-8-16-14-13(10-15)7-6-12(3)17-14/h6-7,11H,5,8-9H2,1-4H3,(H,16,17). The van der Waals surface area contributed by atoms with Crippen LogP contribution in [0.4, 0.5) is 5.82 Å². The summed E-state index contributed by atoms with van der Waals surface area (Å²) in [6.07, 6.45) is 1.04. The highest BCUT2D eigenvalue weighted by Crippen LogP contribution is 2.11. The van der Waals surface area contributed by atoms with Crippen LogP contribution >= 0.6 is 0 Å². The lowest BCUT2D eigenvalue weighted by atomic mass is 10.2. The van der Waals surface area contributed by atoms with Gasteiger partial charge in [-0.15, -0.1) is 0 Å². The van der Waals surface area contributed by atoms with E-state index >= 15 is 0 Å². The van der Waals surface area contributed by atoms with Gasteiger partial charge in [-0.2, -0.15) is 5.26 Å². The molecule has 0 fully saturated rings. The van der Waals surface area contributed by atoms with Gasteiger partial charge in [0.05, 0.1) is 5.56 Å². The van der Waals surface area contributed by atoms with Crippen molar-refractivity contribution in [3.05, 3.63) is 23.4 Å². The molecule has 0 aliphatic carbocycles. The number of pyridine rings is 1. The van der Waals surface area contributed by atoms with Crippen LogP contribution in [0.25, 0.3) is 0 Å². The SMILES string of the molecule is Cc1ccc(C#N)c(NCCCN(C)C(C)C)n1. The van der Waals surface area contributed by atoms with E-state index in [4.69, 9.17) is 5.26 Å². The molecule has 98 valence electrons. The van der Waals surface area contributed by atoms with Crippen LogP contribution in [0.2, 0.25) is 0 Å². The molecule has 1 aromatic heterocycles. The molecule has 0 radical (unpaired) electrons. The molecule has 0 saturated carbocycles. The highest BCUT2D eigenvalue weighted by atomic mass is 15.1. The van der Waals surface area contributed by atoms with Gasteiger partial charge in [-0.25, -0.2) is 4.98 Å². The van der Waals surface area contributed by atoms with Crippen LogP contribution in [-0.4, -0.2) is 36.1 Å². The average molecular weight is 246 g/mol. The summed E-state index contributed by atoms with van der Waals surface area (Å²) in [5, 5.41) is 12.2. The zero-order valence-electron chi connectivity index (χ0n) is 11.7. The number of hydrogen-bond acceptors (Lipinski definition) is 4. The molecule has 1 heterocycles. The van der Waals surface area contributed by atoms with E-state index in [-0.39, 0.29) is 0 Å². The molecule has 0 spiro atoms. The van der Waals surface area contributed by atoms with E-state index in [0.717, 1.165) is 25.2 Å². The highest BCUT2D eigenvalue weighted by Gasteiger charge is 2.05. The number of aryl methyl sites for hydroxylation is 1. The lowest BCUT2D eigenvalue weighted by Crippen LogP contribution is -2.28. The minimum atomic E-state index is 0.566. The van der Waals surface area contributed by atoms with Gasteiger partial charge in [0.15, 0.2) is 0 Å². The molecule has 4 heteroatoms. The van der Waals surface area contributed by atoms with Crippen LogP contribution in [0.1, 0.15) is 31.5 Å². The van der Waals surface area contributed by atoms with Crippen molar-refractivity contribution in [2.24, 2.45) is 0 Å². The fourth-order valence-electron chi connectivity index (χ4n) is 1.58. The van der Waals surface area contributed by atoms with Crippen molar-refractivity contribution in [2.75, 3.05) is 25.5 Å². The number of anilines is 1. The smallest absolute Gasteiger partial charge is 0.144 e. The quantitative estimate of drug-likeness (QED) is 0.783.